The second-order valence-corrected chi connectivity index (χ2v) is 12.6. The van der Waals surface area contributed by atoms with E-state index in [-0.39, 0.29) is 24.7 Å². The van der Waals surface area contributed by atoms with E-state index < -0.39 is 34.0 Å². The summed E-state index contributed by atoms with van der Waals surface area (Å²) in [7, 11) is -3.58. The highest BCUT2D eigenvalue weighted by Crippen LogP contribution is 2.29. The molecule has 10 nitrogen and oxygen atoms in total. The topological polar surface area (TPSA) is 150 Å². The lowest BCUT2D eigenvalue weighted by atomic mass is 10.0. The minimum absolute atomic E-state index is 0.00603. The molecule has 40 heavy (non-hydrogen) atoms. The van der Waals surface area contributed by atoms with Crippen LogP contribution >= 0.6 is 11.3 Å². The summed E-state index contributed by atoms with van der Waals surface area (Å²) in [6.45, 7) is 1.74. The number of carboxylic acids is 1. The van der Waals surface area contributed by atoms with Crippen molar-refractivity contribution < 1.29 is 32.7 Å². The van der Waals surface area contributed by atoms with Crippen molar-refractivity contribution in [3.05, 3.63) is 76.7 Å². The van der Waals surface area contributed by atoms with Crippen LogP contribution in [0, 0.1) is 0 Å². The number of benzene rings is 2. The average Bonchev–Trinajstić information content (AvgIpc) is 3.60. The van der Waals surface area contributed by atoms with E-state index in [1.165, 1.54) is 18.3 Å². The van der Waals surface area contributed by atoms with Crippen molar-refractivity contribution in [2.75, 3.05) is 18.1 Å². The summed E-state index contributed by atoms with van der Waals surface area (Å²) in [6.07, 6.45) is 1.87. The van der Waals surface area contributed by atoms with E-state index in [2.05, 4.69) is 10.6 Å². The number of anilines is 1. The Labute approximate surface area is 236 Å². The quantitative estimate of drug-likeness (QED) is 0.310. The van der Waals surface area contributed by atoms with Gasteiger partial charge in [0.15, 0.2) is 5.78 Å². The van der Waals surface area contributed by atoms with Crippen molar-refractivity contribution in [1.82, 2.24) is 9.62 Å². The number of hydrogen-bond acceptors (Lipinski definition) is 7. The molecule has 2 heterocycles. The number of nitrogens with one attached hydrogen (secondary N) is 2. The third-order valence-corrected chi connectivity index (χ3v) is 9.11. The van der Waals surface area contributed by atoms with E-state index in [0.29, 0.717) is 34.5 Å². The SMILES string of the molecule is CC(=O)c1ccc(-c2ccc(C(=O)Nc3ccc(CC(NC(=O)[C@@H]4CCCN4S(C)(=O)=O)C(=O)O)cc3)cc2)s1. The Kier molecular flexibility index (Phi) is 8.82. The molecule has 4 rings (SSSR count). The number of thiophene rings is 1. The van der Waals surface area contributed by atoms with Crippen molar-refractivity contribution in [1.29, 1.82) is 0 Å². The smallest absolute Gasteiger partial charge is 0.326 e. The van der Waals surface area contributed by atoms with Gasteiger partial charge < -0.3 is 15.7 Å². The van der Waals surface area contributed by atoms with Crippen LogP contribution in [0.2, 0.25) is 0 Å². The Morgan fingerprint density at radius 3 is 2.27 bits per heavy atom. The summed E-state index contributed by atoms with van der Waals surface area (Å²) >= 11 is 1.39. The van der Waals surface area contributed by atoms with E-state index >= 15 is 0 Å². The summed E-state index contributed by atoms with van der Waals surface area (Å²) in [6, 6.07) is 15.1. The second-order valence-electron chi connectivity index (χ2n) is 9.58. The number of carbonyl (C=O) groups excluding carboxylic acids is 3. The molecule has 0 saturated carbocycles. The van der Waals surface area contributed by atoms with E-state index in [9.17, 15) is 32.7 Å². The van der Waals surface area contributed by atoms with Crippen LogP contribution in [0.5, 0.6) is 0 Å². The van der Waals surface area contributed by atoms with Gasteiger partial charge in [0.1, 0.15) is 12.1 Å². The number of aliphatic carboxylic acids is 1. The Hall–Kier alpha value is -3.87. The number of nitrogens with zero attached hydrogens (tertiary/aromatic N) is 1. The standard InChI is InChI=1S/C28H29N3O7S2/c1-17(32)24-13-14-25(39-24)19-7-9-20(10-8-19)26(33)29-21-11-5-18(6-12-21)16-22(28(35)36)30-27(34)23-4-3-15-31(23)40(2,37)38/h5-14,22-23H,3-4,15-16H2,1-2H3,(H,29,33)(H,30,34)(H,35,36)/t22?,23-/m0/s1. The van der Waals surface area contributed by atoms with Gasteiger partial charge in [-0.15, -0.1) is 11.3 Å². The lowest BCUT2D eigenvalue weighted by molar-refractivity contribution is -0.142. The summed E-state index contributed by atoms with van der Waals surface area (Å²) in [5.74, 6) is -2.19. The fourth-order valence-corrected chi connectivity index (χ4v) is 6.53. The maximum Gasteiger partial charge on any atom is 0.326 e. The molecule has 0 bridgehead atoms. The Morgan fingerprint density at radius 1 is 1.02 bits per heavy atom. The van der Waals surface area contributed by atoms with Gasteiger partial charge in [0.25, 0.3) is 5.91 Å². The number of Topliss-reactive ketones (excluding diaryl/α,β-unsaturated/α-hetero) is 1. The summed E-state index contributed by atoms with van der Waals surface area (Å²) in [5.41, 5.74) is 2.46. The first kappa shape index (κ1) is 29.1. The number of carbonyl (C=O) groups is 4. The lowest BCUT2D eigenvalue weighted by Gasteiger charge is -2.23. The number of amides is 2. The highest BCUT2D eigenvalue weighted by molar-refractivity contribution is 7.88. The molecule has 210 valence electrons. The largest absolute Gasteiger partial charge is 0.480 e. The molecule has 1 aromatic heterocycles. The number of ketones is 1. The zero-order chi connectivity index (χ0) is 29.0. The van der Waals surface area contributed by atoms with Crippen molar-refractivity contribution in [2.45, 2.75) is 38.3 Å². The van der Waals surface area contributed by atoms with Crippen LogP contribution in [0.15, 0.2) is 60.7 Å². The summed E-state index contributed by atoms with van der Waals surface area (Å²) in [4.78, 5) is 50.4. The van der Waals surface area contributed by atoms with Crippen molar-refractivity contribution in [2.24, 2.45) is 0 Å². The molecule has 3 aromatic rings. The molecule has 12 heteroatoms. The van der Waals surface area contributed by atoms with Gasteiger partial charge in [-0.05, 0) is 67.3 Å². The highest BCUT2D eigenvalue weighted by Gasteiger charge is 2.37. The van der Waals surface area contributed by atoms with Crippen LogP contribution in [-0.2, 0) is 26.0 Å². The van der Waals surface area contributed by atoms with Crippen molar-refractivity contribution >= 4 is 50.6 Å². The zero-order valence-electron chi connectivity index (χ0n) is 21.9. The molecule has 0 radical (unpaired) electrons. The van der Waals surface area contributed by atoms with E-state index in [4.69, 9.17) is 0 Å². The van der Waals surface area contributed by atoms with E-state index in [0.717, 1.165) is 21.0 Å². The maximum atomic E-state index is 12.7. The molecular formula is C28H29N3O7S2. The number of hydrogen-bond donors (Lipinski definition) is 3. The molecule has 1 aliphatic heterocycles. The number of rotatable bonds is 10. The molecule has 1 fully saturated rings. The predicted molar refractivity (Wildman–Crippen MR) is 152 cm³/mol. The van der Waals surface area contributed by atoms with Crippen molar-refractivity contribution in [3.63, 3.8) is 0 Å². The van der Waals surface area contributed by atoms with Gasteiger partial charge in [-0.3, -0.25) is 14.4 Å². The zero-order valence-corrected chi connectivity index (χ0v) is 23.6. The second kappa shape index (κ2) is 12.1. The molecule has 1 unspecified atom stereocenters. The number of carboxylic acid groups (broad SMARTS) is 1. The molecule has 2 atom stereocenters. The normalized spacial score (nSPS) is 16.3. The van der Waals surface area contributed by atoms with Gasteiger partial charge in [0, 0.05) is 29.1 Å². The number of sulfonamides is 1. The van der Waals surface area contributed by atoms with Crippen LogP contribution in [0.1, 0.15) is 45.4 Å². The summed E-state index contributed by atoms with van der Waals surface area (Å²) in [5, 5.41) is 14.9. The van der Waals surface area contributed by atoms with Gasteiger partial charge >= 0.3 is 5.97 Å². The monoisotopic (exact) mass is 583 g/mol. The van der Waals surface area contributed by atoms with Gasteiger partial charge in [-0.2, -0.15) is 4.31 Å². The Bertz CT molecular complexity index is 1530. The van der Waals surface area contributed by atoms with Gasteiger partial charge in [0.2, 0.25) is 15.9 Å². The first-order valence-corrected chi connectivity index (χ1v) is 15.2. The fourth-order valence-electron chi connectivity index (χ4n) is 4.50. The van der Waals surface area contributed by atoms with Gasteiger partial charge in [-0.1, -0.05) is 24.3 Å². The third kappa shape index (κ3) is 7.00. The maximum absolute atomic E-state index is 12.7. The van der Waals surface area contributed by atoms with E-state index in [1.54, 1.807) is 42.5 Å². The molecule has 1 aliphatic rings. The van der Waals surface area contributed by atoms with Crippen LogP contribution in [0.3, 0.4) is 0 Å². The molecule has 2 aromatic carbocycles. The Morgan fingerprint density at radius 2 is 1.70 bits per heavy atom. The van der Waals surface area contributed by atoms with Crippen LogP contribution in [-0.4, -0.2) is 66.3 Å². The molecule has 3 N–H and O–H groups in total. The first-order valence-electron chi connectivity index (χ1n) is 12.5. The molecule has 0 aliphatic carbocycles. The van der Waals surface area contributed by atoms with Crippen molar-refractivity contribution in [3.8, 4) is 10.4 Å². The molecule has 1 saturated heterocycles. The highest BCUT2D eigenvalue weighted by atomic mass is 32.2. The minimum Gasteiger partial charge on any atom is -0.480 e. The van der Waals surface area contributed by atoms with Crippen LogP contribution in [0.25, 0.3) is 10.4 Å². The predicted octanol–water partition coefficient (Wildman–Crippen LogP) is 3.41. The van der Waals surface area contributed by atoms with Gasteiger partial charge in [0.05, 0.1) is 11.1 Å². The Balaban J connectivity index is 1.36. The average molecular weight is 584 g/mol. The lowest BCUT2D eigenvalue weighted by Crippen LogP contribution is -2.51. The third-order valence-electron chi connectivity index (χ3n) is 6.58. The van der Waals surface area contributed by atoms with E-state index in [1.807, 2.05) is 18.2 Å². The van der Waals surface area contributed by atoms with Gasteiger partial charge in [-0.25, -0.2) is 13.2 Å². The fraction of sp³-hybridized carbons (Fsp3) is 0.286. The van der Waals surface area contributed by atoms with Crippen LogP contribution < -0.4 is 10.6 Å². The molecular weight excluding hydrogens is 554 g/mol. The first-order chi connectivity index (χ1) is 18.9. The van der Waals surface area contributed by atoms with Crippen LogP contribution in [0.4, 0.5) is 5.69 Å². The molecule has 2 amide bonds. The summed E-state index contributed by atoms with van der Waals surface area (Å²) < 4.78 is 25.0. The minimum atomic E-state index is -3.58. The molecule has 0 spiro atoms.